The van der Waals surface area contributed by atoms with Crippen LogP contribution in [-0.2, 0) is 16.6 Å². The Labute approximate surface area is 124 Å². The van der Waals surface area contributed by atoms with Crippen LogP contribution in [-0.4, -0.2) is 32.7 Å². The molecule has 8 heteroatoms. The predicted molar refractivity (Wildman–Crippen MR) is 78.1 cm³/mol. The van der Waals surface area contributed by atoms with E-state index in [2.05, 4.69) is 10.0 Å². The maximum Gasteiger partial charge on any atom is 0.287 e. The number of carbonyl (C=O) groups excluding carboxylic acids is 1. The smallest absolute Gasteiger partial charge is 0.287 e. The van der Waals surface area contributed by atoms with Crippen molar-refractivity contribution in [1.29, 1.82) is 0 Å². The highest BCUT2D eigenvalue weighted by Crippen LogP contribution is 2.29. The summed E-state index contributed by atoms with van der Waals surface area (Å²) < 4.78 is 29.7. The molecule has 0 aliphatic heterocycles. The molecule has 1 fully saturated rings. The van der Waals surface area contributed by atoms with Crippen molar-refractivity contribution in [3.8, 4) is 0 Å². The second-order valence-corrected chi connectivity index (χ2v) is 7.34. The Morgan fingerprint density at radius 3 is 2.62 bits per heavy atom. The molecular weight excluding hydrogens is 294 g/mol. The summed E-state index contributed by atoms with van der Waals surface area (Å²) in [7, 11) is -3.29. The molecule has 118 valence electrons. The van der Waals surface area contributed by atoms with Crippen LogP contribution in [0.2, 0.25) is 0 Å². The van der Waals surface area contributed by atoms with Gasteiger partial charge >= 0.3 is 0 Å². The zero-order valence-electron chi connectivity index (χ0n) is 12.0. The molecule has 1 amide bonds. The molecule has 0 unspecified atom stereocenters. The van der Waals surface area contributed by atoms with Gasteiger partial charge in [-0.05, 0) is 25.0 Å². The average Bonchev–Trinajstić information content (AvgIpc) is 3.05. The lowest BCUT2D eigenvalue weighted by molar-refractivity contribution is 0.0872. The van der Waals surface area contributed by atoms with E-state index in [9.17, 15) is 13.2 Å². The normalized spacial score (nSPS) is 17.8. The van der Waals surface area contributed by atoms with Gasteiger partial charge in [0.1, 0.15) is 5.76 Å². The summed E-state index contributed by atoms with van der Waals surface area (Å²) in [6.45, 7) is 0.427. The van der Waals surface area contributed by atoms with E-state index < -0.39 is 10.0 Å². The summed E-state index contributed by atoms with van der Waals surface area (Å²) in [6, 6.07) is 3.12. The third-order valence-electron chi connectivity index (χ3n) is 3.72. The maximum absolute atomic E-state index is 12.2. The lowest BCUT2D eigenvalue weighted by Crippen LogP contribution is -2.51. The quantitative estimate of drug-likeness (QED) is 0.700. The average molecular weight is 315 g/mol. The first-order chi connectivity index (χ1) is 9.84. The lowest BCUT2D eigenvalue weighted by Gasteiger charge is -2.28. The van der Waals surface area contributed by atoms with Gasteiger partial charge in [-0.15, -0.1) is 0 Å². The number of nitrogens with one attached hydrogen (secondary N) is 2. The van der Waals surface area contributed by atoms with E-state index in [1.165, 1.54) is 6.07 Å². The summed E-state index contributed by atoms with van der Waals surface area (Å²) >= 11 is 0. The summed E-state index contributed by atoms with van der Waals surface area (Å²) in [5.74, 6) is 0.242. The molecule has 0 atom stereocenters. The van der Waals surface area contributed by atoms with Crippen molar-refractivity contribution in [1.82, 2.24) is 10.0 Å². The van der Waals surface area contributed by atoms with E-state index in [0.717, 1.165) is 31.9 Å². The fourth-order valence-corrected chi connectivity index (χ4v) is 2.94. The van der Waals surface area contributed by atoms with Crippen LogP contribution < -0.4 is 15.8 Å². The zero-order valence-corrected chi connectivity index (χ0v) is 12.8. The van der Waals surface area contributed by atoms with Crippen molar-refractivity contribution >= 4 is 15.9 Å². The standard InChI is InChI=1S/C13H21N3O4S/c1-21(18,19)15-8-10-4-5-11(20-10)12(17)16-13(9-14)6-2-3-7-13/h4-5,15H,2-3,6-9,14H2,1H3,(H,16,17). The Bertz CT molecular complexity index is 603. The van der Waals surface area contributed by atoms with Crippen LogP contribution in [0.1, 0.15) is 42.0 Å². The number of nitrogens with two attached hydrogens (primary N) is 1. The van der Waals surface area contributed by atoms with Crippen molar-refractivity contribution in [3.05, 3.63) is 23.7 Å². The summed E-state index contributed by atoms with van der Waals surface area (Å²) in [4.78, 5) is 12.2. The maximum atomic E-state index is 12.2. The van der Waals surface area contributed by atoms with Crippen LogP contribution >= 0.6 is 0 Å². The van der Waals surface area contributed by atoms with Crippen molar-refractivity contribution in [3.63, 3.8) is 0 Å². The Hall–Kier alpha value is -1.38. The third-order valence-corrected chi connectivity index (χ3v) is 4.39. The molecule has 0 saturated heterocycles. The highest BCUT2D eigenvalue weighted by molar-refractivity contribution is 7.88. The minimum absolute atomic E-state index is 0.0220. The van der Waals surface area contributed by atoms with Crippen molar-refractivity contribution in [2.45, 2.75) is 37.8 Å². The highest BCUT2D eigenvalue weighted by Gasteiger charge is 2.34. The van der Waals surface area contributed by atoms with Gasteiger partial charge in [-0.25, -0.2) is 13.1 Å². The molecule has 0 radical (unpaired) electrons. The Kier molecular flexibility index (Phi) is 4.70. The number of hydrogen-bond donors (Lipinski definition) is 3. The molecule has 7 nitrogen and oxygen atoms in total. The van der Waals surface area contributed by atoms with E-state index in [-0.39, 0.29) is 23.8 Å². The van der Waals surface area contributed by atoms with Gasteiger partial charge < -0.3 is 15.5 Å². The first-order valence-corrected chi connectivity index (χ1v) is 8.79. The van der Waals surface area contributed by atoms with E-state index in [0.29, 0.717) is 12.3 Å². The summed E-state index contributed by atoms with van der Waals surface area (Å²) in [5.41, 5.74) is 5.44. The molecule has 2 rings (SSSR count). The van der Waals surface area contributed by atoms with Crippen LogP contribution in [0.4, 0.5) is 0 Å². The van der Waals surface area contributed by atoms with E-state index in [4.69, 9.17) is 10.2 Å². The molecule has 0 bridgehead atoms. The van der Waals surface area contributed by atoms with Crippen molar-refractivity contribution in [2.24, 2.45) is 5.73 Å². The van der Waals surface area contributed by atoms with Crippen LogP contribution in [0.25, 0.3) is 0 Å². The first kappa shape index (κ1) is 16.0. The summed E-state index contributed by atoms with van der Waals surface area (Å²) in [6.07, 6.45) is 4.92. The van der Waals surface area contributed by atoms with Gasteiger partial charge in [0.15, 0.2) is 5.76 Å². The van der Waals surface area contributed by atoms with E-state index in [1.807, 2.05) is 0 Å². The van der Waals surface area contributed by atoms with Gasteiger partial charge in [-0.3, -0.25) is 4.79 Å². The van der Waals surface area contributed by atoms with E-state index in [1.54, 1.807) is 6.07 Å². The number of furan rings is 1. The lowest BCUT2D eigenvalue weighted by atomic mass is 9.98. The highest BCUT2D eigenvalue weighted by atomic mass is 32.2. The Balaban J connectivity index is 1.98. The predicted octanol–water partition coefficient (Wildman–Crippen LogP) is 0.330. The molecule has 1 aromatic rings. The van der Waals surface area contributed by atoms with Gasteiger partial charge in [0, 0.05) is 6.54 Å². The van der Waals surface area contributed by atoms with Gasteiger partial charge in [0.2, 0.25) is 10.0 Å². The molecule has 1 heterocycles. The number of amides is 1. The van der Waals surface area contributed by atoms with Crippen LogP contribution in [0.15, 0.2) is 16.5 Å². The van der Waals surface area contributed by atoms with Crippen LogP contribution in [0.5, 0.6) is 0 Å². The Morgan fingerprint density at radius 1 is 1.38 bits per heavy atom. The molecule has 1 aliphatic carbocycles. The molecule has 1 aromatic heterocycles. The van der Waals surface area contributed by atoms with Crippen LogP contribution in [0.3, 0.4) is 0 Å². The van der Waals surface area contributed by atoms with Gasteiger partial charge in [0.05, 0.1) is 18.3 Å². The molecule has 0 aromatic carbocycles. The molecule has 1 saturated carbocycles. The first-order valence-electron chi connectivity index (χ1n) is 6.89. The molecule has 0 spiro atoms. The van der Waals surface area contributed by atoms with Gasteiger partial charge in [0.25, 0.3) is 5.91 Å². The fraction of sp³-hybridized carbons (Fsp3) is 0.615. The monoisotopic (exact) mass is 315 g/mol. The Morgan fingerprint density at radius 2 is 2.05 bits per heavy atom. The largest absolute Gasteiger partial charge is 0.455 e. The number of hydrogen-bond acceptors (Lipinski definition) is 5. The molecular formula is C13H21N3O4S. The SMILES string of the molecule is CS(=O)(=O)NCc1ccc(C(=O)NC2(CN)CCCC2)o1. The van der Waals surface area contributed by atoms with E-state index >= 15 is 0 Å². The van der Waals surface area contributed by atoms with Gasteiger partial charge in [-0.1, -0.05) is 12.8 Å². The van der Waals surface area contributed by atoms with Crippen LogP contribution in [0, 0.1) is 0 Å². The minimum Gasteiger partial charge on any atom is -0.455 e. The number of carbonyl (C=O) groups is 1. The second kappa shape index (κ2) is 6.17. The fourth-order valence-electron chi connectivity index (χ4n) is 2.53. The molecule has 21 heavy (non-hydrogen) atoms. The number of rotatable bonds is 6. The van der Waals surface area contributed by atoms with Crippen molar-refractivity contribution < 1.29 is 17.6 Å². The third kappa shape index (κ3) is 4.29. The zero-order chi connectivity index (χ0) is 15.5. The molecule has 1 aliphatic rings. The topological polar surface area (TPSA) is 114 Å². The molecule has 4 N–H and O–H groups in total. The van der Waals surface area contributed by atoms with Crippen molar-refractivity contribution in [2.75, 3.05) is 12.8 Å². The summed E-state index contributed by atoms with van der Waals surface area (Å²) in [5, 5.41) is 2.95. The second-order valence-electron chi connectivity index (χ2n) is 5.50. The number of sulfonamides is 1. The minimum atomic E-state index is -3.29. The van der Waals surface area contributed by atoms with Gasteiger partial charge in [-0.2, -0.15) is 0 Å².